The van der Waals surface area contributed by atoms with Crippen molar-refractivity contribution >= 4 is 23.3 Å². The molecule has 0 saturated carbocycles. The van der Waals surface area contributed by atoms with Crippen LogP contribution < -0.4 is 5.32 Å². The molecule has 0 saturated heterocycles. The van der Waals surface area contributed by atoms with Gasteiger partial charge in [0.15, 0.2) is 0 Å². The van der Waals surface area contributed by atoms with Crippen LogP contribution in [0.2, 0.25) is 0 Å². The Kier molecular flexibility index (Phi) is 3.75. The van der Waals surface area contributed by atoms with Crippen LogP contribution in [0.5, 0.6) is 0 Å². The molecule has 0 unspecified atom stereocenters. The van der Waals surface area contributed by atoms with Gasteiger partial charge < -0.3 is 10.3 Å². The van der Waals surface area contributed by atoms with Crippen LogP contribution in [0.1, 0.15) is 16.8 Å². The van der Waals surface area contributed by atoms with E-state index in [1.807, 2.05) is 0 Å². The number of aromatic amines is 1. The lowest BCUT2D eigenvalue weighted by Gasteiger charge is -2.12. The molecule has 0 radical (unpaired) electrons. The van der Waals surface area contributed by atoms with Crippen molar-refractivity contribution in [1.82, 2.24) is 10.3 Å². The highest BCUT2D eigenvalue weighted by Gasteiger charge is 2.15. The Morgan fingerprint density at radius 2 is 1.86 bits per heavy atom. The standard InChI is InChI=1S/C18H18N2.ClH/c1-12-3-2-4-13(9-12)14-5-6-17-15(10-14)16-11-19-8-7-18(16)20-17;/h2-6,9-10,19-20H,7-8,11H2,1H3;1H. The number of nitrogens with one attached hydrogen (secondary N) is 2. The number of fused-ring (bicyclic) bond motifs is 3. The molecule has 4 rings (SSSR count). The Hall–Kier alpha value is -1.77. The summed E-state index contributed by atoms with van der Waals surface area (Å²) in [6.45, 7) is 4.20. The zero-order valence-corrected chi connectivity index (χ0v) is 12.9. The average Bonchev–Trinajstić information content (AvgIpc) is 2.85. The maximum Gasteiger partial charge on any atom is 0.0459 e. The fraction of sp³-hybridized carbons (Fsp3) is 0.222. The van der Waals surface area contributed by atoms with Crippen LogP contribution in [0.4, 0.5) is 0 Å². The van der Waals surface area contributed by atoms with E-state index in [0.29, 0.717) is 0 Å². The summed E-state index contributed by atoms with van der Waals surface area (Å²) >= 11 is 0. The van der Waals surface area contributed by atoms with Gasteiger partial charge in [0, 0.05) is 36.1 Å². The zero-order chi connectivity index (χ0) is 13.5. The molecule has 0 atom stereocenters. The topological polar surface area (TPSA) is 27.8 Å². The van der Waals surface area contributed by atoms with Crippen molar-refractivity contribution in [2.24, 2.45) is 0 Å². The fourth-order valence-electron chi connectivity index (χ4n) is 3.15. The molecule has 2 N–H and O–H groups in total. The molecule has 0 amide bonds. The summed E-state index contributed by atoms with van der Waals surface area (Å²) in [5, 5.41) is 4.83. The lowest BCUT2D eigenvalue weighted by molar-refractivity contribution is 0.641. The first-order valence-corrected chi connectivity index (χ1v) is 7.22. The second-order valence-electron chi connectivity index (χ2n) is 5.64. The van der Waals surface area contributed by atoms with Crippen molar-refractivity contribution in [2.75, 3.05) is 6.54 Å². The smallest absolute Gasteiger partial charge is 0.0459 e. The molecule has 3 heteroatoms. The first-order chi connectivity index (χ1) is 9.81. The van der Waals surface area contributed by atoms with Gasteiger partial charge in [-0.25, -0.2) is 0 Å². The summed E-state index contributed by atoms with van der Waals surface area (Å²) in [7, 11) is 0. The molecule has 3 aromatic rings. The van der Waals surface area contributed by atoms with Gasteiger partial charge in [-0.15, -0.1) is 12.4 Å². The Morgan fingerprint density at radius 3 is 2.71 bits per heavy atom. The van der Waals surface area contributed by atoms with Gasteiger partial charge in [-0.05, 0) is 35.7 Å². The summed E-state index contributed by atoms with van der Waals surface area (Å²) in [5.41, 5.74) is 8.01. The molecule has 108 valence electrons. The van der Waals surface area contributed by atoms with Gasteiger partial charge in [0.2, 0.25) is 0 Å². The van der Waals surface area contributed by atoms with Gasteiger partial charge in [-0.1, -0.05) is 35.9 Å². The van der Waals surface area contributed by atoms with Crippen LogP contribution in [0.3, 0.4) is 0 Å². The molecule has 0 spiro atoms. The first-order valence-electron chi connectivity index (χ1n) is 7.22. The third-order valence-electron chi connectivity index (χ3n) is 4.20. The van der Waals surface area contributed by atoms with Crippen molar-refractivity contribution in [3.05, 3.63) is 59.3 Å². The van der Waals surface area contributed by atoms with E-state index in [1.54, 1.807) is 0 Å². The van der Waals surface area contributed by atoms with Crippen LogP contribution in [0.25, 0.3) is 22.0 Å². The Morgan fingerprint density at radius 1 is 1.00 bits per heavy atom. The molecule has 2 aromatic carbocycles. The van der Waals surface area contributed by atoms with Crippen molar-refractivity contribution in [3.8, 4) is 11.1 Å². The molecule has 2 heterocycles. The quantitative estimate of drug-likeness (QED) is 0.692. The number of aryl methyl sites for hydroxylation is 1. The molecule has 0 fully saturated rings. The molecular formula is C18H19ClN2. The Bertz CT molecular complexity index is 789. The normalized spacial score (nSPS) is 13.8. The fourth-order valence-corrected chi connectivity index (χ4v) is 3.15. The molecule has 1 aromatic heterocycles. The summed E-state index contributed by atoms with van der Waals surface area (Å²) in [6.07, 6.45) is 1.10. The predicted octanol–water partition coefficient (Wildman–Crippen LogP) is 4.21. The van der Waals surface area contributed by atoms with E-state index < -0.39 is 0 Å². The molecular weight excluding hydrogens is 280 g/mol. The highest BCUT2D eigenvalue weighted by atomic mass is 35.5. The highest BCUT2D eigenvalue weighted by molar-refractivity contribution is 5.89. The molecule has 0 aliphatic carbocycles. The number of hydrogen-bond acceptors (Lipinski definition) is 1. The first kappa shape index (κ1) is 14.2. The molecule has 1 aliphatic heterocycles. The SMILES string of the molecule is Cc1cccc(-c2ccc3[nH]c4c(c3c2)CNCC4)c1.Cl. The van der Waals surface area contributed by atoms with E-state index in [1.165, 1.54) is 38.9 Å². The second kappa shape index (κ2) is 5.55. The van der Waals surface area contributed by atoms with Crippen LogP contribution >= 0.6 is 12.4 Å². The number of hydrogen-bond donors (Lipinski definition) is 2. The monoisotopic (exact) mass is 298 g/mol. The largest absolute Gasteiger partial charge is 0.358 e. The average molecular weight is 299 g/mol. The lowest BCUT2D eigenvalue weighted by Crippen LogP contribution is -2.22. The maximum atomic E-state index is 3.57. The number of aromatic nitrogens is 1. The third-order valence-corrected chi connectivity index (χ3v) is 4.20. The van der Waals surface area contributed by atoms with Crippen molar-refractivity contribution in [1.29, 1.82) is 0 Å². The third kappa shape index (κ3) is 2.45. The summed E-state index contributed by atoms with van der Waals surface area (Å²) in [5.74, 6) is 0. The molecule has 2 nitrogen and oxygen atoms in total. The molecule has 1 aliphatic rings. The van der Waals surface area contributed by atoms with Crippen molar-refractivity contribution in [2.45, 2.75) is 19.9 Å². The predicted molar refractivity (Wildman–Crippen MR) is 91.1 cm³/mol. The van der Waals surface area contributed by atoms with Crippen LogP contribution in [0.15, 0.2) is 42.5 Å². The van der Waals surface area contributed by atoms with Gasteiger partial charge in [0.25, 0.3) is 0 Å². The van der Waals surface area contributed by atoms with E-state index in [-0.39, 0.29) is 12.4 Å². The van der Waals surface area contributed by atoms with Gasteiger partial charge in [-0.3, -0.25) is 0 Å². The van der Waals surface area contributed by atoms with Crippen LogP contribution in [-0.2, 0) is 13.0 Å². The second-order valence-corrected chi connectivity index (χ2v) is 5.64. The van der Waals surface area contributed by atoms with Gasteiger partial charge >= 0.3 is 0 Å². The summed E-state index contributed by atoms with van der Waals surface area (Å²) in [4.78, 5) is 3.57. The van der Waals surface area contributed by atoms with E-state index in [9.17, 15) is 0 Å². The van der Waals surface area contributed by atoms with E-state index >= 15 is 0 Å². The highest BCUT2D eigenvalue weighted by Crippen LogP contribution is 2.30. The van der Waals surface area contributed by atoms with Crippen molar-refractivity contribution < 1.29 is 0 Å². The Balaban J connectivity index is 0.00000132. The number of benzene rings is 2. The number of halogens is 1. The van der Waals surface area contributed by atoms with E-state index in [0.717, 1.165) is 19.5 Å². The van der Waals surface area contributed by atoms with Crippen LogP contribution in [0, 0.1) is 6.92 Å². The minimum Gasteiger partial charge on any atom is -0.358 e. The minimum atomic E-state index is 0. The van der Waals surface area contributed by atoms with Gasteiger partial charge in [0.05, 0.1) is 0 Å². The lowest BCUT2D eigenvalue weighted by atomic mass is 9.99. The minimum absolute atomic E-state index is 0. The Labute approximate surface area is 131 Å². The van der Waals surface area contributed by atoms with Crippen LogP contribution in [-0.4, -0.2) is 11.5 Å². The number of rotatable bonds is 1. The zero-order valence-electron chi connectivity index (χ0n) is 12.1. The van der Waals surface area contributed by atoms with E-state index in [4.69, 9.17) is 0 Å². The summed E-state index contributed by atoms with van der Waals surface area (Å²) < 4.78 is 0. The maximum absolute atomic E-state index is 3.57. The van der Waals surface area contributed by atoms with Crippen molar-refractivity contribution in [3.63, 3.8) is 0 Å². The summed E-state index contributed by atoms with van der Waals surface area (Å²) in [6, 6.07) is 15.5. The number of H-pyrrole nitrogens is 1. The molecule has 21 heavy (non-hydrogen) atoms. The van der Waals surface area contributed by atoms with Gasteiger partial charge in [0.1, 0.15) is 0 Å². The molecule has 0 bridgehead atoms. The van der Waals surface area contributed by atoms with Gasteiger partial charge in [-0.2, -0.15) is 0 Å². The van der Waals surface area contributed by atoms with E-state index in [2.05, 4.69) is 59.7 Å².